The average Bonchev–Trinajstić information content (AvgIpc) is 3.04. The number of hydrogen-bond donors (Lipinski definition) is 3. The molecule has 0 aliphatic rings. The molecule has 0 aliphatic carbocycles. The van der Waals surface area contributed by atoms with Gasteiger partial charge >= 0.3 is 0 Å². The quantitative estimate of drug-likeness (QED) is 0.0531. The van der Waals surface area contributed by atoms with Crippen molar-refractivity contribution < 1.29 is 15.0 Å². The Labute approximate surface area is 278 Å². The van der Waals surface area contributed by atoms with Crippen LogP contribution in [-0.2, 0) is 4.79 Å². The van der Waals surface area contributed by atoms with Crippen LogP contribution in [0.2, 0.25) is 0 Å². The maximum Gasteiger partial charge on any atom is 0.220 e. The number of carbonyl (C=O) groups excluding carboxylic acids is 1. The fourth-order valence-corrected chi connectivity index (χ4v) is 4.82. The van der Waals surface area contributed by atoms with Gasteiger partial charge in [-0.25, -0.2) is 0 Å². The Morgan fingerprint density at radius 1 is 0.556 bits per heavy atom. The topological polar surface area (TPSA) is 69.6 Å². The summed E-state index contributed by atoms with van der Waals surface area (Å²) in [5.41, 5.74) is 0. The monoisotopic (exact) mass is 624 g/mol. The Balaban J connectivity index is 3.79. The number of carbonyl (C=O) groups is 1. The molecule has 2 atom stereocenters. The van der Waals surface area contributed by atoms with Crippen LogP contribution in [0.25, 0.3) is 0 Å². The van der Waals surface area contributed by atoms with Crippen LogP contribution in [0.5, 0.6) is 0 Å². The summed E-state index contributed by atoms with van der Waals surface area (Å²) in [4.78, 5) is 12.3. The SMILES string of the molecule is CC/C=C\C/C=C\C/C=C\C/C=C\C/C=C\C/C=C\CCCCC(=O)NC(CO)C(O)/C=C/CCCCCCCCCCCC. The van der Waals surface area contributed by atoms with Gasteiger partial charge in [-0.3, -0.25) is 4.79 Å². The van der Waals surface area contributed by atoms with Gasteiger partial charge in [-0.1, -0.05) is 157 Å². The molecule has 2 unspecified atom stereocenters. The summed E-state index contributed by atoms with van der Waals surface area (Å²) in [5.74, 6) is -0.112. The molecule has 0 fully saturated rings. The molecule has 0 aromatic carbocycles. The highest BCUT2D eigenvalue weighted by Crippen LogP contribution is 2.12. The van der Waals surface area contributed by atoms with E-state index >= 15 is 0 Å². The van der Waals surface area contributed by atoms with Crippen molar-refractivity contribution in [2.75, 3.05) is 6.61 Å². The minimum atomic E-state index is -0.860. The summed E-state index contributed by atoms with van der Waals surface area (Å²) in [6.07, 6.45) is 52.3. The molecule has 0 saturated heterocycles. The van der Waals surface area contributed by atoms with Crippen LogP contribution in [0.15, 0.2) is 85.1 Å². The summed E-state index contributed by atoms with van der Waals surface area (Å²) in [5, 5.41) is 22.8. The highest BCUT2D eigenvalue weighted by Gasteiger charge is 2.17. The molecule has 0 aromatic rings. The summed E-state index contributed by atoms with van der Waals surface area (Å²) in [7, 11) is 0. The first-order valence-corrected chi connectivity index (χ1v) is 18.3. The lowest BCUT2D eigenvalue weighted by atomic mass is 10.1. The highest BCUT2D eigenvalue weighted by molar-refractivity contribution is 5.76. The lowest BCUT2D eigenvalue weighted by Crippen LogP contribution is -2.45. The van der Waals surface area contributed by atoms with Gasteiger partial charge in [0.15, 0.2) is 0 Å². The maximum absolute atomic E-state index is 12.3. The van der Waals surface area contributed by atoms with Crippen molar-refractivity contribution in [2.24, 2.45) is 0 Å². The van der Waals surface area contributed by atoms with E-state index in [-0.39, 0.29) is 12.5 Å². The number of hydrogen-bond acceptors (Lipinski definition) is 3. The molecule has 256 valence electrons. The molecule has 3 N–H and O–H groups in total. The standard InChI is InChI=1S/C41H69NO3/c1-3-5-7-9-11-13-15-17-18-19-20-21-22-23-24-25-27-29-31-33-35-37-41(45)42-39(38-43)40(44)36-34-32-30-28-26-16-14-12-10-8-6-4-2/h5,7,11,13,17-18,20-21,23-24,27,29,34,36,39-40,43-44H,3-4,6,8-10,12,14-16,19,22,25-26,28,30-33,35,37-38H2,1-2H3,(H,42,45)/b7-5-,13-11-,18-17-,21-20-,24-23-,29-27-,36-34+. The minimum absolute atomic E-state index is 0.112. The number of aliphatic hydroxyl groups is 2. The van der Waals surface area contributed by atoms with Crippen molar-refractivity contribution in [3.8, 4) is 0 Å². The number of allylic oxidation sites excluding steroid dienone is 13. The average molecular weight is 624 g/mol. The lowest BCUT2D eigenvalue weighted by Gasteiger charge is -2.19. The maximum atomic E-state index is 12.3. The predicted octanol–water partition coefficient (Wildman–Crippen LogP) is 10.9. The zero-order chi connectivity index (χ0) is 32.9. The van der Waals surface area contributed by atoms with Crippen LogP contribution >= 0.6 is 0 Å². The van der Waals surface area contributed by atoms with E-state index < -0.39 is 12.1 Å². The molecule has 45 heavy (non-hydrogen) atoms. The first-order valence-electron chi connectivity index (χ1n) is 18.3. The molecule has 0 aromatic heterocycles. The molecule has 0 radical (unpaired) electrons. The second-order valence-corrected chi connectivity index (χ2v) is 11.9. The molecule has 0 aliphatic heterocycles. The van der Waals surface area contributed by atoms with Gasteiger partial charge in [-0.2, -0.15) is 0 Å². The second kappa shape index (κ2) is 36.0. The van der Waals surface area contributed by atoms with Crippen molar-refractivity contribution >= 4 is 5.91 Å². The van der Waals surface area contributed by atoms with Gasteiger partial charge in [0.05, 0.1) is 18.8 Å². The summed E-state index contributed by atoms with van der Waals surface area (Å²) < 4.78 is 0. The van der Waals surface area contributed by atoms with E-state index in [0.29, 0.717) is 6.42 Å². The number of rotatable bonds is 31. The van der Waals surface area contributed by atoms with Crippen molar-refractivity contribution in [1.29, 1.82) is 0 Å². The number of unbranched alkanes of at least 4 members (excludes halogenated alkanes) is 12. The van der Waals surface area contributed by atoms with Gasteiger partial charge in [0, 0.05) is 6.42 Å². The lowest BCUT2D eigenvalue weighted by molar-refractivity contribution is -0.123. The molecule has 0 bridgehead atoms. The minimum Gasteiger partial charge on any atom is -0.394 e. The van der Waals surface area contributed by atoms with E-state index in [9.17, 15) is 15.0 Å². The van der Waals surface area contributed by atoms with Crippen LogP contribution in [0, 0.1) is 0 Å². The Kier molecular flexibility index (Phi) is 34.1. The molecular weight excluding hydrogens is 554 g/mol. The zero-order valence-corrected chi connectivity index (χ0v) is 29.1. The predicted molar refractivity (Wildman–Crippen MR) is 197 cm³/mol. The first kappa shape index (κ1) is 42.6. The van der Waals surface area contributed by atoms with E-state index in [0.717, 1.165) is 70.6 Å². The first-order chi connectivity index (χ1) is 22.2. The van der Waals surface area contributed by atoms with Gasteiger partial charge in [0.1, 0.15) is 0 Å². The van der Waals surface area contributed by atoms with Crippen LogP contribution in [-0.4, -0.2) is 34.9 Å². The number of nitrogens with one attached hydrogen (secondary N) is 1. The molecule has 0 rings (SSSR count). The van der Waals surface area contributed by atoms with E-state index in [1.54, 1.807) is 6.08 Å². The van der Waals surface area contributed by atoms with E-state index in [1.807, 2.05) is 6.08 Å². The third-order valence-electron chi connectivity index (χ3n) is 7.63. The Morgan fingerprint density at radius 3 is 1.47 bits per heavy atom. The largest absolute Gasteiger partial charge is 0.394 e. The number of amides is 1. The molecule has 4 nitrogen and oxygen atoms in total. The van der Waals surface area contributed by atoms with Gasteiger partial charge in [-0.15, -0.1) is 0 Å². The summed E-state index contributed by atoms with van der Waals surface area (Å²) in [6, 6.07) is -0.648. The number of aliphatic hydroxyl groups excluding tert-OH is 2. The summed E-state index contributed by atoms with van der Waals surface area (Å²) >= 11 is 0. The van der Waals surface area contributed by atoms with Crippen molar-refractivity contribution in [3.05, 3.63) is 85.1 Å². The molecule has 0 spiro atoms. The second-order valence-electron chi connectivity index (χ2n) is 11.9. The van der Waals surface area contributed by atoms with Gasteiger partial charge < -0.3 is 15.5 Å². The van der Waals surface area contributed by atoms with E-state index in [1.165, 1.54) is 57.8 Å². The fraction of sp³-hybridized carbons (Fsp3) is 0.634. The van der Waals surface area contributed by atoms with E-state index in [4.69, 9.17) is 0 Å². The molecule has 0 saturated carbocycles. The third kappa shape index (κ3) is 32.8. The third-order valence-corrected chi connectivity index (χ3v) is 7.63. The fourth-order valence-electron chi connectivity index (χ4n) is 4.82. The van der Waals surface area contributed by atoms with Crippen LogP contribution in [0.1, 0.15) is 149 Å². The molecular formula is C41H69NO3. The molecule has 4 heteroatoms. The zero-order valence-electron chi connectivity index (χ0n) is 29.1. The van der Waals surface area contributed by atoms with E-state index in [2.05, 4.69) is 92.1 Å². The van der Waals surface area contributed by atoms with Crippen LogP contribution < -0.4 is 5.32 Å². The Bertz CT molecular complexity index is 849. The molecule has 1 amide bonds. The van der Waals surface area contributed by atoms with Gasteiger partial charge in [-0.05, 0) is 70.6 Å². The summed E-state index contributed by atoms with van der Waals surface area (Å²) in [6.45, 7) is 4.14. The van der Waals surface area contributed by atoms with Crippen molar-refractivity contribution in [2.45, 2.75) is 161 Å². The normalized spacial score (nSPS) is 14.1. The van der Waals surface area contributed by atoms with Gasteiger partial charge in [0.2, 0.25) is 5.91 Å². The van der Waals surface area contributed by atoms with Crippen LogP contribution in [0.4, 0.5) is 0 Å². The van der Waals surface area contributed by atoms with Gasteiger partial charge in [0.25, 0.3) is 0 Å². The van der Waals surface area contributed by atoms with Crippen molar-refractivity contribution in [1.82, 2.24) is 5.32 Å². The Hall–Kier alpha value is -2.43. The molecule has 0 heterocycles. The smallest absolute Gasteiger partial charge is 0.220 e. The highest BCUT2D eigenvalue weighted by atomic mass is 16.3. The van der Waals surface area contributed by atoms with Crippen LogP contribution in [0.3, 0.4) is 0 Å². The Morgan fingerprint density at radius 2 is 0.978 bits per heavy atom. The van der Waals surface area contributed by atoms with Crippen molar-refractivity contribution in [3.63, 3.8) is 0 Å².